The van der Waals surface area contributed by atoms with Crippen molar-refractivity contribution in [2.75, 3.05) is 13.1 Å². The van der Waals surface area contributed by atoms with E-state index in [0.717, 1.165) is 12.1 Å². The van der Waals surface area contributed by atoms with E-state index in [-0.39, 0.29) is 18.1 Å². The Labute approximate surface area is 175 Å². The number of morpholine rings is 1. The van der Waals surface area contributed by atoms with Crippen LogP contribution in [0.2, 0.25) is 0 Å². The molecule has 0 N–H and O–H groups in total. The van der Waals surface area contributed by atoms with Gasteiger partial charge >= 0.3 is 6.18 Å². The van der Waals surface area contributed by atoms with Gasteiger partial charge in [0.25, 0.3) is 5.91 Å². The zero-order valence-corrected chi connectivity index (χ0v) is 17.1. The normalized spacial score (nSPS) is 23.9. The molecule has 2 aliphatic rings. The summed E-state index contributed by atoms with van der Waals surface area (Å²) in [6.45, 7) is 5.24. The molecule has 4 rings (SSSR count). The van der Waals surface area contributed by atoms with Gasteiger partial charge in [0.05, 0.1) is 22.7 Å². The Bertz CT molecular complexity index is 1020. The molecule has 1 amide bonds. The second kappa shape index (κ2) is 7.96. The van der Waals surface area contributed by atoms with E-state index in [1.807, 2.05) is 18.7 Å². The van der Waals surface area contributed by atoms with E-state index in [1.54, 1.807) is 24.3 Å². The number of halogens is 3. The summed E-state index contributed by atoms with van der Waals surface area (Å²) in [4.78, 5) is 18.9. The summed E-state index contributed by atoms with van der Waals surface area (Å²) in [5, 5.41) is 0.623. The number of ether oxygens (including phenoxy) is 1. The van der Waals surface area contributed by atoms with Crippen molar-refractivity contribution in [1.29, 1.82) is 0 Å². The van der Waals surface area contributed by atoms with Crippen LogP contribution in [0, 0.1) is 0 Å². The first-order chi connectivity index (χ1) is 14.2. The van der Waals surface area contributed by atoms with Crippen LogP contribution in [0.15, 0.2) is 50.7 Å². The molecule has 2 aliphatic heterocycles. The molecule has 0 spiro atoms. The van der Waals surface area contributed by atoms with Gasteiger partial charge in [-0.1, -0.05) is 12.1 Å². The van der Waals surface area contributed by atoms with Gasteiger partial charge < -0.3 is 14.1 Å². The average molecular weight is 436 g/mol. The third-order valence-electron chi connectivity index (χ3n) is 4.67. The van der Waals surface area contributed by atoms with Crippen molar-refractivity contribution in [3.05, 3.63) is 52.6 Å². The summed E-state index contributed by atoms with van der Waals surface area (Å²) >= 11 is 1.26. The number of furan rings is 1. The van der Waals surface area contributed by atoms with Crippen LogP contribution in [0.25, 0.3) is 17.4 Å². The van der Waals surface area contributed by atoms with Crippen LogP contribution in [0.5, 0.6) is 0 Å². The maximum Gasteiger partial charge on any atom is 0.416 e. The van der Waals surface area contributed by atoms with Gasteiger partial charge in [0, 0.05) is 24.7 Å². The molecule has 5 nitrogen and oxygen atoms in total. The summed E-state index contributed by atoms with van der Waals surface area (Å²) in [7, 11) is 0. The Morgan fingerprint density at radius 2 is 1.90 bits per heavy atom. The molecule has 0 bridgehead atoms. The van der Waals surface area contributed by atoms with Crippen molar-refractivity contribution in [1.82, 2.24) is 4.90 Å². The van der Waals surface area contributed by atoms with E-state index >= 15 is 0 Å². The largest absolute Gasteiger partial charge is 0.457 e. The van der Waals surface area contributed by atoms with Gasteiger partial charge in [-0.2, -0.15) is 18.2 Å². The van der Waals surface area contributed by atoms with E-state index < -0.39 is 11.7 Å². The first-order valence-electron chi connectivity index (χ1n) is 9.39. The lowest BCUT2D eigenvalue weighted by Gasteiger charge is -2.35. The van der Waals surface area contributed by atoms with E-state index in [1.165, 1.54) is 17.8 Å². The van der Waals surface area contributed by atoms with E-state index in [0.29, 0.717) is 40.2 Å². The lowest BCUT2D eigenvalue weighted by Crippen LogP contribution is -2.47. The number of nitrogens with zero attached hydrogens (tertiary/aromatic N) is 2. The number of carbonyl (C=O) groups is 1. The second-order valence-corrected chi connectivity index (χ2v) is 8.26. The number of carbonyl (C=O) groups excluding carboxylic acids is 1. The third-order valence-corrected chi connectivity index (χ3v) is 5.72. The molecule has 1 aromatic carbocycles. The number of rotatable bonds is 2. The Morgan fingerprint density at radius 1 is 1.17 bits per heavy atom. The smallest absolute Gasteiger partial charge is 0.416 e. The Balaban J connectivity index is 1.51. The number of hydrogen-bond donors (Lipinski definition) is 0. The zero-order chi connectivity index (χ0) is 21.5. The van der Waals surface area contributed by atoms with Crippen LogP contribution in [0.1, 0.15) is 25.2 Å². The zero-order valence-electron chi connectivity index (χ0n) is 16.3. The first kappa shape index (κ1) is 20.7. The molecule has 2 aromatic rings. The first-order valence-corrected chi connectivity index (χ1v) is 10.2. The van der Waals surface area contributed by atoms with Crippen LogP contribution >= 0.6 is 11.8 Å². The van der Waals surface area contributed by atoms with Crippen molar-refractivity contribution in [2.45, 2.75) is 32.2 Å². The molecule has 0 unspecified atom stereocenters. The van der Waals surface area contributed by atoms with E-state index in [9.17, 15) is 18.0 Å². The van der Waals surface area contributed by atoms with Gasteiger partial charge in [-0.3, -0.25) is 4.79 Å². The number of alkyl halides is 3. The summed E-state index contributed by atoms with van der Waals surface area (Å²) in [5.41, 5.74) is -0.432. The minimum atomic E-state index is -4.43. The molecular weight excluding hydrogens is 417 g/mol. The Hall–Kier alpha value is -2.52. The van der Waals surface area contributed by atoms with Crippen molar-refractivity contribution >= 4 is 28.9 Å². The number of aliphatic imine (C=N–C) groups is 1. The highest BCUT2D eigenvalue weighted by Gasteiger charge is 2.32. The molecule has 1 aromatic heterocycles. The van der Waals surface area contributed by atoms with Gasteiger partial charge in [-0.25, -0.2) is 0 Å². The molecular formula is C21H19F3N2O3S. The van der Waals surface area contributed by atoms with Crippen LogP contribution in [0.3, 0.4) is 0 Å². The SMILES string of the molecule is C[C@H]1CN(C2=NC(=O)/C(=C\c3ccc(-c4cccc(C(F)(F)F)c4)o3)S2)C[C@H](C)O1. The van der Waals surface area contributed by atoms with E-state index in [4.69, 9.17) is 9.15 Å². The summed E-state index contributed by atoms with van der Waals surface area (Å²) in [6.07, 6.45) is -2.78. The fourth-order valence-electron chi connectivity index (χ4n) is 3.43. The van der Waals surface area contributed by atoms with Gasteiger partial charge in [0.1, 0.15) is 11.5 Å². The van der Waals surface area contributed by atoms with Crippen molar-refractivity contribution in [2.24, 2.45) is 4.99 Å². The van der Waals surface area contributed by atoms with Gasteiger partial charge in [-0.05, 0) is 49.9 Å². The summed E-state index contributed by atoms with van der Waals surface area (Å²) in [6, 6.07) is 8.12. The van der Waals surface area contributed by atoms with Crippen LogP contribution < -0.4 is 0 Å². The molecule has 3 heterocycles. The quantitative estimate of drug-likeness (QED) is 0.617. The molecule has 1 saturated heterocycles. The molecule has 2 atom stereocenters. The van der Waals surface area contributed by atoms with Crippen LogP contribution in [0.4, 0.5) is 13.2 Å². The van der Waals surface area contributed by atoms with Gasteiger partial charge in [0.2, 0.25) is 0 Å². The predicted molar refractivity (Wildman–Crippen MR) is 109 cm³/mol. The minimum absolute atomic E-state index is 0.0419. The number of amides is 1. The lowest BCUT2D eigenvalue weighted by atomic mass is 10.1. The maximum atomic E-state index is 12.9. The Morgan fingerprint density at radius 3 is 2.60 bits per heavy atom. The topological polar surface area (TPSA) is 55.0 Å². The average Bonchev–Trinajstić information content (AvgIpc) is 3.28. The minimum Gasteiger partial charge on any atom is -0.457 e. The lowest BCUT2D eigenvalue weighted by molar-refractivity contribution is -0.137. The van der Waals surface area contributed by atoms with Crippen molar-refractivity contribution in [3.63, 3.8) is 0 Å². The molecule has 158 valence electrons. The molecule has 0 radical (unpaired) electrons. The fraction of sp³-hybridized carbons (Fsp3) is 0.333. The molecule has 1 fully saturated rings. The fourth-order valence-corrected chi connectivity index (χ4v) is 4.34. The van der Waals surface area contributed by atoms with Crippen LogP contribution in [-0.4, -0.2) is 41.3 Å². The van der Waals surface area contributed by atoms with Crippen molar-refractivity contribution < 1.29 is 27.1 Å². The predicted octanol–water partition coefficient (Wildman–Crippen LogP) is 5.04. The van der Waals surface area contributed by atoms with Gasteiger partial charge in [-0.15, -0.1) is 0 Å². The van der Waals surface area contributed by atoms with Gasteiger partial charge in [0.15, 0.2) is 5.17 Å². The number of benzene rings is 1. The summed E-state index contributed by atoms with van der Waals surface area (Å²) in [5.74, 6) is 0.303. The third kappa shape index (κ3) is 4.46. The highest BCUT2D eigenvalue weighted by molar-refractivity contribution is 8.18. The van der Waals surface area contributed by atoms with Crippen LogP contribution in [-0.2, 0) is 15.7 Å². The molecule has 0 aliphatic carbocycles. The monoisotopic (exact) mass is 436 g/mol. The number of thioether (sulfide) groups is 1. The number of amidine groups is 1. The highest BCUT2D eigenvalue weighted by Crippen LogP contribution is 2.35. The maximum absolute atomic E-state index is 12.9. The Kier molecular flexibility index (Phi) is 5.50. The van der Waals surface area contributed by atoms with Crippen molar-refractivity contribution in [3.8, 4) is 11.3 Å². The molecule has 9 heteroatoms. The molecule has 0 saturated carbocycles. The second-order valence-electron chi connectivity index (χ2n) is 7.25. The standard InChI is InChI=1S/C21H19F3N2O3S/c1-12-10-26(11-13(2)28-12)20-25-19(27)18(30-20)9-16-6-7-17(29-16)14-4-3-5-15(8-14)21(22,23)24/h3-9,12-13H,10-11H2,1-2H3/b18-9+/t12-,13-/m0/s1. The molecule has 30 heavy (non-hydrogen) atoms. The highest BCUT2D eigenvalue weighted by atomic mass is 32.2. The van der Waals surface area contributed by atoms with E-state index in [2.05, 4.69) is 4.99 Å². The summed E-state index contributed by atoms with van der Waals surface area (Å²) < 4.78 is 50.2. The number of hydrogen-bond acceptors (Lipinski definition) is 5.